The van der Waals surface area contributed by atoms with E-state index in [1.165, 1.54) is 6.07 Å². The Balaban J connectivity index is 2.30. The third-order valence-electron chi connectivity index (χ3n) is 2.37. The zero-order chi connectivity index (χ0) is 12.3. The monoisotopic (exact) mass is 228 g/mol. The van der Waals surface area contributed by atoms with Crippen LogP contribution >= 0.6 is 0 Å². The zero-order valence-electron chi connectivity index (χ0n) is 9.38. The molecule has 0 atom stereocenters. The molecule has 2 aromatic rings. The van der Waals surface area contributed by atoms with Crippen LogP contribution < -0.4 is 4.74 Å². The van der Waals surface area contributed by atoms with Crippen molar-refractivity contribution in [2.75, 3.05) is 0 Å². The minimum Gasteiger partial charge on any atom is -0.478 e. The summed E-state index contributed by atoms with van der Waals surface area (Å²) in [6.45, 7) is 1.98. The summed E-state index contributed by atoms with van der Waals surface area (Å²) in [5.74, 6) is -0.0131. The van der Waals surface area contributed by atoms with Crippen molar-refractivity contribution >= 4 is 5.97 Å². The van der Waals surface area contributed by atoms with Crippen LogP contribution in [0.2, 0.25) is 0 Å². The Morgan fingerprint density at radius 3 is 2.35 bits per heavy atom. The molecule has 0 fully saturated rings. The number of aryl methyl sites for hydroxylation is 1. The van der Waals surface area contributed by atoms with Gasteiger partial charge in [0, 0.05) is 0 Å². The van der Waals surface area contributed by atoms with Crippen LogP contribution in [-0.4, -0.2) is 11.1 Å². The zero-order valence-corrected chi connectivity index (χ0v) is 9.38. The Hall–Kier alpha value is -2.29. The highest BCUT2D eigenvalue weighted by Crippen LogP contribution is 2.25. The minimum absolute atomic E-state index is 0.160. The lowest BCUT2D eigenvalue weighted by Crippen LogP contribution is -1.99. The van der Waals surface area contributed by atoms with E-state index in [4.69, 9.17) is 9.84 Å². The van der Waals surface area contributed by atoms with Crippen molar-refractivity contribution in [2.45, 2.75) is 6.92 Å². The SMILES string of the molecule is Cc1ccc(Oc2ccccc2C(=O)O)cc1. The number of para-hydroxylation sites is 1. The predicted octanol–water partition coefficient (Wildman–Crippen LogP) is 3.49. The van der Waals surface area contributed by atoms with Crippen LogP contribution in [-0.2, 0) is 0 Å². The third kappa shape index (κ3) is 2.64. The molecule has 0 aliphatic rings. The number of hydrogen-bond donors (Lipinski definition) is 1. The standard InChI is InChI=1S/C14H12O3/c1-10-6-8-11(9-7-10)17-13-5-3-2-4-12(13)14(15)16/h2-9H,1H3,(H,15,16). The fourth-order valence-corrected chi connectivity index (χ4v) is 1.47. The molecule has 0 heterocycles. The number of hydrogen-bond acceptors (Lipinski definition) is 2. The molecule has 0 aromatic heterocycles. The Labute approximate surface area is 99.3 Å². The molecule has 0 amide bonds. The Morgan fingerprint density at radius 2 is 1.71 bits per heavy atom. The molecule has 3 heteroatoms. The van der Waals surface area contributed by atoms with Crippen LogP contribution in [0.25, 0.3) is 0 Å². The van der Waals surface area contributed by atoms with Gasteiger partial charge in [-0.25, -0.2) is 4.79 Å². The normalized spacial score (nSPS) is 9.94. The molecule has 0 radical (unpaired) electrons. The van der Waals surface area contributed by atoms with E-state index < -0.39 is 5.97 Å². The van der Waals surface area contributed by atoms with Crippen molar-refractivity contribution in [3.8, 4) is 11.5 Å². The topological polar surface area (TPSA) is 46.5 Å². The molecular weight excluding hydrogens is 216 g/mol. The Bertz CT molecular complexity index is 529. The van der Waals surface area contributed by atoms with Crippen LogP contribution in [0, 0.1) is 6.92 Å². The van der Waals surface area contributed by atoms with Gasteiger partial charge in [0.2, 0.25) is 0 Å². The van der Waals surface area contributed by atoms with E-state index >= 15 is 0 Å². The first kappa shape index (κ1) is 11.2. The molecule has 0 aliphatic heterocycles. The number of aromatic carboxylic acids is 1. The van der Waals surface area contributed by atoms with Crippen molar-refractivity contribution in [3.05, 3.63) is 59.7 Å². The van der Waals surface area contributed by atoms with Crippen LogP contribution in [0.1, 0.15) is 15.9 Å². The maximum atomic E-state index is 11.0. The Morgan fingerprint density at radius 1 is 1.06 bits per heavy atom. The number of carboxylic acid groups (broad SMARTS) is 1. The predicted molar refractivity (Wildman–Crippen MR) is 64.7 cm³/mol. The van der Waals surface area contributed by atoms with Gasteiger partial charge in [0.15, 0.2) is 0 Å². The van der Waals surface area contributed by atoms with Crippen molar-refractivity contribution < 1.29 is 14.6 Å². The van der Waals surface area contributed by atoms with Crippen molar-refractivity contribution in [1.29, 1.82) is 0 Å². The molecule has 3 nitrogen and oxygen atoms in total. The second kappa shape index (κ2) is 4.70. The number of carboxylic acids is 1. The summed E-state index contributed by atoms with van der Waals surface area (Å²) in [6, 6.07) is 14.0. The highest BCUT2D eigenvalue weighted by Gasteiger charge is 2.10. The summed E-state index contributed by atoms with van der Waals surface area (Å²) in [7, 11) is 0. The molecule has 0 spiro atoms. The molecule has 1 N–H and O–H groups in total. The van der Waals surface area contributed by atoms with Crippen LogP contribution in [0.4, 0.5) is 0 Å². The van der Waals surface area contributed by atoms with Crippen molar-refractivity contribution in [2.24, 2.45) is 0 Å². The third-order valence-corrected chi connectivity index (χ3v) is 2.37. The van der Waals surface area contributed by atoms with Gasteiger partial charge in [0.25, 0.3) is 0 Å². The summed E-state index contributed by atoms with van der Waals surface area (Å²) in [5.41, 5.74) is 1.29. The molecule has 2 rings (SSSR count). The van der Waals surface area contributed by atoms with Crippen LogP contribution in [0.5, 0.6) is 11.5 Å². The summed E-state index contributed by atoms with van der Waals surface area (Å²) in [5, 5.41) is 9.01. The highest BCUT2D eigenvalue weighted by atomic mass is 16.5. The van der Waals surface area contributed by atoms with Gasteiger partial charge in [-0.15, -0.1) is 0 Å². The fourth-order valence-electron chi connectivity index (χ4n) is 1.47. The van der Waals surface area contributed by atoms with E-state index in [1.54, 1.807) is 18.2 Å². The quantitative estimate of drug-likeness (QED) is 0.874. The van der Waals surface area contributed by atoms with E-state index in [1.807, 2.05) is 31.2 Å². The van der Waals surface area contributed by atoms with Gasteiger partial charge in [-0.3, -0.25) is 0 Å². The van der Waals surface area contributed by atoms with Gasteiger partial charge < -0.3 is 9.84 Å². The number of ether oxygens (including phenoxy) is 1. The number of benzene rings is 2. The lowest BCUT2D eigenvalue weighted by atomic mass is 10.2. The average Bonchev–Trinajstić information content (AvgIpc) is 2.32. The fraction of sp³-hybridized carbons (Fsp3) is 0.0714. The minimum atomic E-state index is -0.993. The van der Waals surface area contributed by atoms with Crippen LogP contribution in [0.3, 0.4) is 0 Å². The lowest BCUT2D eigenvalue weighted by molar-refractivity contribution is 0.0694. The van der Waals surface area contributed by atoms with E-state index in [0.29, 0.717) is 11.5 Å². The summed E-state index contributed by atoms with van der Waals surface area (Å²) in [4.78, 5) is 11.0. The van der Waals surface area contributed by atoms with E-state index in [2.05, 4.69) is 0 Å². The molecule has 0 aliphatic carbocycles. The van der Waals surface area contributed by atoms with Gasteiger partial charge >= 0.3 is 5.97 Å². The molecule has 0 saturated heterocycles. The smallest absolute Gasteiger partial charge is 0.339 e. The molecule has 2 aromatic carbocycles. The largest absolute Gasteiger partial charge is 0.478 e. The van der Waals surface area contributed by atoms with Gasteiger partial charge in [-0.05, 0) is 31.2 Å². The summed E-state index contributed by atoms with van der Waals surface area (Å²) in [6.07, 6.45) is 0. The maximum absolute atomic E-state index is 11.0. The molecule has 0 bridgehead atoms. The van der Waals surface area contributed by atoms with Gasteiger partial charge in [-0.1, -0.05) is 29.8 Å². The van der Waals surface area contributed by atoms with Crippen molar-refractivity contribution in [1.82, 2.24) is 0 Å². The van der Waals surface area contributed by atoms with Gasteiger partial charge in [-0.2, -0.15) is 0 Å². The van der Waals surface area contributed by atoms with Crippen LogP contribution in [0.15, 0.2) is 48.5 Å². The second-order valence-electron chi connectivity index (χ2n) is 3.72. The molecule has 86 valence electrons. The highest BCUT2D eigenvalue weighted by molar-refractivity contribution is 5.90. The summed E-state index contributed by atoms with van der Waals surface area (Å²) >= 11 is 0. The van der Waals surface area contributed by atoms with Gasteiger partial charge in [0.1, 0.15) is 17.1 Å². The molecule has 0 saturated carbocycles. The number of carbonyl (C=O) groups is 1. The van der Waals surface area contributed by atoms with Gasteiger partial charge in [0.05, 0.1) is 0 Å². The first-order valence-electron chi connectivity index (χ1n) is 5.23. The summed E-state index contributed by atoms with van der Waals surface area (Å²) < 4.78 is 5.54. The first-order chi connectivity index (χ1) is 8.16. The first-order valence-corrected chi connectivity index (χ1v) is 5.23. The van der Waals surface area contributed by atoms with Crippen molar-refractivity contribution in [3.63, 3.8) is 0 Å². The Kier molecular flexibility index (Phi) is 3.10. The molecular formula is C14H12O3. The lowest BCUT2D eigenvalue weighted by Gasteiger charge is -2.08. The second-order valence-corrected chi connectivity index (χ2v) is 3.72. The van der Waals surface area contributed by atoms with E-state index in [0.717, 1.165) is 5.56 Å². The molecule has 17 heavy (non-hydrogen) atoms. The van der Waals surface area contributed by atoms with E-state index in [9.17, 15) is 4.79 Å². The number of rotatable bonds is 3. The maximum Gasteiger partial charge on any atom is 0.339 e. The average molecular weight is 228 g/mol. The molecule has 0 unspecified atom stereocenters. The van der Waals surface area contributed by atoms with E-state index in [-0.39, 0.29) is 5.56 Å².